The number of Topliss-reactive ketones (excluding diaryl/α,β-unsaturated/α-hetero) is 1. The summed E-state index contributed by atoms with van der Waals surface area (Å²) in [6.07, 6.45) is 1.41. The molecule has 1 aromatic rings. The van der Waals surface area contributed by atoms with E-state index in [4.69, 9.17) is 4.74 Å². The van der Waals surface area contributed by atoms with Gasteiger partial charge in [-0.05, 0) is 18.1 Å². The second-order valence-corrected chi connectivity index (χ2v) is 5.61. The number of rotatable bonds is 4. The van der Waals surface area contributed by atoms with E-state index >= 15 is 0 Å². The van der Waals surface area contributed by atoms with Gasteiger partial charge in [-0.25, -0.2) is 0 Å². The molecule has 1 aliphatic heterocycles. The van der Waals surface area contributed by atoms with Crippen molar-refractivity contribution in [3.05, 3.63) is 24.3 Å². The first-order valence-electron chi connectivity index (χ1n) is 6.12. The summed E-state index contributed by atoms with van der Waals surface area (Å²) < 4.78 is 5.77. The number of carbonyl (C=O) groups is 1. The maximum absolute atomic E-state index is 12.0. The molecule has 0 fully saturated rings. The lowest BCUT2D eigenvalue weighted by Gasteiger charge is -2.25. The van der Waals surface area contributed by atoms with Gasteiger partial charge in [0.15, 0.2) is 11.9 Å². The van der Waals surface area contributed by atoms with Gasteiger partial charge in [-0.15, -0.1) is 11.8 Å². The standard InChI is InChI=1S/C14H18O2S/c1-3-10(2)8-11(15)13-9-17-14-7-5-4-6-12(14)16-13/h4-7,10,13H,3,8-9H2,1-2H3. The maximum Gasteiger partial charge on any atom is 0.174 e. The Morgan fingerprint density at radius 3 is 3.06 bits per heavy atom. The van der Waals surface area contributed by atoms with Gasteiger partial charge in [0.25, 0.3) is 0 Å². The second-order valence-electron chi connectivity index (χ2n) is 4.55. The number of carbonyl (C=O) groups excluding carboxylic acids is 1. The minimum Gasteiger partial charge on any atom is -0.481 e. The summed E-state index contributed by atoms with van der Waals surface area (Å²) >= 11 is 1.71. The number of thioether (sulfide) groups is 1. The highest BCUT2D eigenvalue weighted by Gasteiger charge is 2.26. The van der Waals surface area contributed by atoms with Crippen LogP contribution in [-0.4, -0.2) is 17.6 Å². The van der Waals surface area contributed by atoms with Crippen molar-refractivity contribution < 1.29 is 9.53 Å². The van der Waals surface area contributed by atoms with E-state index in [2.05, 4.69) is 13.8 Å². The predicted octanol–water partition coefficient (Wildman–Crippen LogP) is 3.55. The van der Waals surface area contributed by atoms with Crippen molar-refractivity contribution in [2.24, 2.45) is 5.92 Å². The van der Waals surface area contributed by atoms with Gasteiger partial charge in [-0.1, -0.05) is 32.4 Å². The molecule has 2 atom stereocenters. The van der Waals surface area contributed by atoms with Crippen molar-refractivity contribution in [2.75, 3.05) is 5.75 Å². The monoisotopic (exact) mass is 250 g/mol. The van der Waals surface area contributed by atoms with E-state index in [0.29, 0.717) is 12.3 Å². The van der Waals surface area contributed by atoms with Crippen LogP contribution in [0.1, 0.15) is 26.7 Å². The van der Waals surface area contributed by atoms with Crippen molar-refractivity contribution >= 4 is 17.5 Å². The molecule has 2 rings (SSSR count). The lowest BCUT2D eigenvalue weighted by atomic mass is 10.00. The van der Waals surface area contributed by atoms with Crippen LogP contribution in [0.2, 0.25) is 0 Å². The molecule has 0 amide bonds. The Hall–Kier alpha value is -0.960. The zero-order valence-corrected chi connectivity index (χ0v) is 11.1. The molecule has 1 aliphatic rings. The normalized spacial score (nSPS) is 20.2. The zero-order chi connectivity index (χ0) is 12.3. The highest BCUT2D eigenvalue weighted by molar-refractivity contribution is 7.99. The molecule has 0 aliphatic carbocycles. The largest absolute Gasteiger partial charge is 0.481 e. The first-order chi connectivity index (χ1) is 8.20. The molecule has 0 saturated heterocycles. The van der Waals surface area contributed by atoms with Crippen LogP contribution in [0.4, 0.5) is 0 Å². The highest BCUT2D eigenvalue weighted by Crippen LogP contribution is 2.35. The molecule has 0 radical (unpaired) electrons. The fraction of sp³-hybridized carbons (Fsp3) is 0.500. The molecule has 17 heavy (non-hydrogen) atoms. The van der Waals surface area contributed by atoms with E-state index in [9.17, 15) is 4.79 Å². The molecule has 0 saturated carbocycles. The van der Waals surface area contributed by atoms with Crippen molar-refractivity contribution in [3.8, 4) is 5.75 Å². The summed E-state index contributed by atoms with van der Waals surface area (Å²) in [5.74, 6) is 2.28. The fourth-order valence-electron chi connectivity index (χ4n) is 1.80. The lowest BCUT2D eigenvalue weighted by Crippen LogP contribution is -2.33. The van der Waals surface area contributed by atoms with E-state index in [1.807, 2.05) is 24.3 Å². The van der Waals surface area contributed by atoms with Gasteiger partial charge in [-0.2, -0.15) is 0 Å². The van der Waals surface area contributed by atoms with Gasteiger partial charge in [-0.3, -0.25) is 4.79 Å². The summed E-state index contributed by atoms with van der Waals surface area (Å²) in [5, 5.41) is 0. The first-order valence-corrected chi connectivity index (χ1v) is 7.10. The minimum atomic E-state index is -0.260. The van der Waals surface area contributed by atoms with E-state index in [0.717, 1.165) is 22.8 Å². The van der Waals surface area contributed by atoms with Gasteiger partial charge < -0.3 is 4.74 Å². The van der Waals surface area contributed by atoms with Crippen LogP contribution < -0.4 is 4.74 Å². The van der Waals surface area contributed by atoms with Crippen LogP contribution in [0.5, 0.6) is 5.75 Å². The molecule has 0 aromatic heterocycles. The quantitative estimate of drug-likeness (QED) is 0.817. The van der Waals surface area contributed by atoms with Gasteiger partial charge in [0.2, 0.25) is 0 Å². The van der Waals surface area contributed by atoms with Crippen molar-refractivity contribution in [2.45, 2.75) is 37.7 Å². The summed E-state index contributed by atoms with van der Waals surface area (Å²) in [7, 11) is 0. The molecule has 2 nitrogen and oxygen atoms in total. The fourth-order valence-corrected chi connectivity index (χ4v) is 2.82. The van der Waals surface area contributed by atoms with Crippen LogP contribution in [0.15, 0.2) is 29.2 Å². The molecular weight excluding hydrogens is 232 g/mol. The van der Waals surface area contributed by atoms with Gasteiger partial charge >= 0.3 is 0 Å². The van der Waals surface area contributed by atoms with Crippen molar-refractivity contribution in [3.63, 3.8) is 0 Å². The summed E-state index contributed by atoms with van der Waals surface area (Å²) in [6.45, 7) is 4.23. The Bertz CT molecular complexity index is 403. The Labute approximate surface area is 107 Å². The van der Waals surface area contributed by atoms with Crippen molar-refractivity contribution in [1.29, 1.82) is 0 Å². The maximum atomic E-state index is 12.0. The zero-order valence-electron chi connectivity index (χ0n) is 10.3. The number of ether oxygens (including phenoxy) is 1. The number of hydrogen-bond donors (Lipinski definition) is 0. The number of para-hydroxylation sites is 1. The third kappa shape index (κ3) is 3.03. The third-order valence-corrected chi connectivity index (χ3v) is 4.23. The molecule has 1 heterocycles. The minimum absolute atomic E-state index is 0.237. The highest BCUT2D eigenvalue weighted by atomic mass is 32.2. The summed E-state index contributed by atoms with van der Waals surface area (Å²) in [4.78, 5) is 13.2. The van der Waals surface area contributed by atoms with Gasteiger partial charge in [0.1, 0.15) is 5.75 Å². The molecule has 0 spiro atoms. The van der Waals surface area contributed by atoms with Crippen LogP contribution in [0.25, 0.3) is 0 Å². The van der Waals surface area contributed by atoms with Crippen LogP contribution in [-0.2, 0) is 4.79 Å². The number of fused-ring (bicyclic) bond motifs is 1. The lowest BCUT2D eigenvalue weighted by molar-refractivity contribution is -0.125. The number of benzene rings is 1. The smallest absolute Gasteiger partial charge is 0.174 e. The van der Waals surface area contributed by atoms with E-state index in [1.54, 1.807) is 11.8 Å². The van der Waals surface area contributed by atoms with Gasteiger partial charge in [0.05, 0.1) is 0 Å². The molecule has 3 heteroatoms. The molecule has 0 bridgehead atoms. The molecule has 1 aromatic carbocycles. The van der Waals surface area contributed by atoms with Crippen molar-refractivity contribution in [1.82, 2.24) is 0 Å². The average molecular weight is 250 g/mol. The van der Waals surface area contributed by atoms with E-state index < -0.39 is 0 Å². The van der Waals surface area contributed by atoms with Gasteiger partial charge in [0, 0.05) is 17.1 Å². The average Bonchev–Trinajstić information content (AvgIpc) is 2.38. The SMILES string of the molecule is CCC(C)CC(=O)C1CSc2ccccc2O1. The molecule has 0 N–H and O–H groups in total. The Kier molecular flexibility index (Phi) is 4.11. The molecular formula is C14H18O2S. The van der Waals surface area contributed by atoms with Crippen LogP contribution >= 0.6 is 11.8 Å². The first kappa shape index (κ1) is 12.5. The topological polar surface area (TPSA) is 26.3 Å². The summed E-state index contributed by atoms with van der Waals surface area (Å²) in [6, 6.07) is 7.91. The predicted molar refractivity (Wildman–Crippen MR) is 70.7 cm³/mol. The van der Waals surface area contributed by atoms with E-state index in [-0.39, 0.29) is 11.9 Å². The van der Waals surface area contributed by atoms with Crippen LogP contribution in [0, 0.1) is 5.92 Å². The summed E-state index contributed by atoms with van der Waals surface area (Å²) in [5.41, 5.74) is 0. The van der Waals surface area contributed by atoms with Crippen LogP contribution in [0.3, 0.4) is 0 Å². The molecule has 2 unspecified atom stereocenters. The Morgan fingerprint density at radius 2 is 2.29 bits per heavy atom. The number of ketones is 1. The third-order valence-electron chi connectivity index (χ3n) is 3.11. The second kappa shape index (κ2) is 5.58. The molecule has 92 valence electrons. The number of hydrogen-bond acceptors (Lipinski definition) is 3. The Balaban J connectivity index is 2.00. The Morgan fingerprint density at radius 1 is 1.53 bits per heavy atom. The van der Waals surface area contributed by atoms with E-state index in [1.165, 1.54) is 0 Å².